The van der Waals surface area contributed by atoms with E-state index in [1.807, 2.05) is 6.92 Å². The summed E-state index contributed by atoms with van der Waals surface area (Å²) < 4.78 is 5.23. The van der Waals surface area contributed by atoms with Crippen LogP contribution < -0.4 is 0 Å². The van der Waals surface area contributed by atoms with Crippen molar-refractivity contribution in [3.05, 3.63) is 0 Å². The van der Waals surface area contributed by atoms with E-state index in [0.29, 0.717) is 12.4 Å². The van der Waals surface area contributed by atoms with Gasteiger partial charge in [0.05, 0.1) is 6.61 Å². The molecule has 6 nitrogen and oxygen atoms in total. The molecule has 0 bridgehead atoms. The van der Waals surface area contributed by atoms with Crippen LogP contribution in [0.3, 0.4) is 0 Å². The summed E-state index contributed by atoms with van der Waals surface area (Å²) in [6.07, 6.45) is -6.02. The fourth-order valence-corrected chi connectivity index (χ4v) is 2.19. The second kappa shape index (κ2) is 9.09. The van der Waals surface area contributed by atoms with Crippen molar-refractivity contribution in [2.75, 3.05) is 19.0 Å². The molecule has 0 unspecified atom stereocenters. The maximum Gasteiger partial charge on any atom is 0.131 e. The standard InChI is InChI=1S/C10H22O6S/c1-3-16-10(17-4-2)9(15)8(14)7(13)6(12)5-11/h6-15H,3-5H2,1-2H3/t6-,7-,8-,9+,10+/m1/s1. The summed E-state index contributed by atoms with van der Waals surface area (Å²) in [6, 6.07) is 0. The van der Waals surface area contributed by atoms with Crippen LogP contribution in [0, 0.1) is 0 Å². The molecule has 17 heavy (non-hydrogen) atoms. The van der Waals surface area contributed by atoms with Gasteiger partial charge in [0.25, 0.3) is 0 Å². The van der Waals surface area contributed by atoms with Crippen LogP contribution in [-0.4, -0.2) is 74.4 Å². The molecule has 0 spiro atoms. The maximum atomic E-state index is 9.81. The number of thioether (sulfide) groups is 1. The van der Waals surface area contributed by atoms with Gasteiger partial charge in [-0.1, -0.05) is 6.92 Å². The number of aliphatic hydroxyl groups is 5. The van der Waals surface area contributed by atoms with Crippen molar-refractivity contribution < 1.29 is 30.3 Å². The average Bonchev–Trinajstić information content (AvgIpc) is 2.34. The summed E-state index contributed by atoms with van der Waals surface area (Å²) in [6.45, 7) is 3.29. The van der Waals surface area contributed by atoms with Gasteiger partial charge >= 0.3 is 0 Å². The van der Waals surface area contributed by atoms with E-state index in [9.17, 15) is 15.3 Å². The Morgan fingerprint density at radius 2 is 1.59 bits per heavy atom. The Kier molecular flexibility index (Phi) is 9.15. The third-order valence-corrected chi connectivity index (χ3v) is 3.30. The van der Waals surface area contributed by atoms with Gasteiger partial charge in [-0.05, 0) is 12.7 Å². The lowest BCUT2D eigenvalue weighted by Crippen LogP contribution is -2.49. The Balaban J connectivity index is 4.46. The van der Waals surface area contributed by atoms with E-state index in [4.69, 9.17) is 14.9 Å². The van der Waals surface area contributed by atoms with Crippen molar-refractivity contribution in [1.29, 1.82) is 0 Å². The zero-order chi connectivity index (χ0) is 13.4. The molecule has 0 saturated heterocycles. The highest BCUT2D eigenvalue weighted by molar-refractivity contribution is 7.99. The Bertz CT molecular complexity index is 188. The molecule has 7 heteroatoms. The summed E-state index contributed by atoms with van der Waals surface area (Å²) in [5, 5.41) is 46.7. The Labute approximate surface area is 105 Å². The molecule has 0 saturated carbocycles. The van der Waals surface area contributed by atoms with Gasteiger partial charge in [-0.15, -0.1) is 11.8 Å². The zero-order valence-electron chi connectivity index (χ0n) is 10.1. The normalized spacial score (nSPS) is 20.6. The van der Waals surface area contributed by atoms with Crippen molar-refractivity contribution in [2.45, 2.75) is 43.7 Å². The van der Waals surface area contributed by atoms with Crippen LogP contribution in [0.5, 0.6) is 0 Å². The number of aliphatic hydroxyl groups excluding tert-OH is 5. The van der Waals surface area contributed by atoms with Crippen molar-refractivity contribution in [2.24, 2.45) is 0 Å². The number of hydrogen-bond acceptors (Lipinski definition) is 7. The smallest absolute Gasteiger partial charge is 0.131 e. The first kappa shape index (κ1) is 17.1. The third kappa shape index (κ3) is 5.52. The van der Waals surface area contributed by atoms with Crippen LogP contribution >= 0.6 is 11.8 Å². The van der Waals surface area contributed by atoms with Crippen LogP contribution in [0.15, 0.2) is 0 Å². The molecule has 0 heterocycles. The predicted octanol–water partition coefficient (Wildman–Crippen LogP) is -1.46. The molecule has 0 aliphatic carbocycles. The lowest BCUT2D eigenvalue weighted by atomic mass is 10.0. The zero-order valence-corrected chi connectivity index (χ0v) is 10.9. The van der Waals surface area contributed by atoms with Gasteiger partial charge in [-0.3, -0.25) is 0 Å². The van der Waals surface area contributed by atoms with Gasteiger partial charge in [-0.25, -0.2) is 0 Å². The SMILES string of the molecule is CCO[C@@H](SCC)[C@@H](O)[C@H](O)[C@H](O)[C@H](O)CO. The Morgan fingerprint density at radius 1 is 1.00 bits per heavy atom. The van der Waals surface area contributed by atoms with Gasteiger partial charge in [0, 0.05) is 6.61 Å². The molecule has 0 fully saturated rings. The molecule has 0 radical (unpaired) electrons. The Morgan fingerprint density at radius 3 is 2.00 bits per heavy atom. The summed E-state index contributed by atoms with van der Waals surface area (Å²) in [5.74, 6) is 0.674. The highest BCUT2D eigenvalue weighted by atomic mass is 32.2. The summed E-state index contributed by atoms with van der Waals surface area (Å²) in [7, 11) is 0. The minimum absolute atomic E-state index is 0.361. The van der Waals surface area contributed by atoms with Crippen molar-refractivity contribution in [1.82, 2.24) is 0 Å². The van der Waals surface area contributed by atoms with Crippen LogP contribution in [0.25, 0.3) is 0 Å². The number of rotatable bonds is 9. The van der Waals surface area contributed by atoms with Crippen molar-refractivity contribution in [3.63, 3.8) is 0 Å². The van der Waals surface area contributed by atoms with Gasteiger partial charge < -0.3 is 30.3 Å². The molecule has 5 atom stereocenters. The lowest BCUT2D eigenvalue weighted by Gasteiger charge is -2.30. The van der Waals surface area contributed by atoms with Crippen LogP contribution in [0.4, 0.5) is 0 Å². The van der Waals surface area contributed by atoms with Crippen molar-refractivity contribution >= 4 is 11.8 Å². The second-order valence-corrected chi connectivity index (χ2v) is 4.88. The van der Waals surface area contributed by atoms with Gasteiger partial charge in [0.2, 0.25) is 0 Å². The van der Waals surface area contributed by atoms with Crippen LogP contribution in [0.2, 0.25) is 0 Å². The molecule has 0 aromatic carbocycles. The van der Waals surface area contributed by atoms with E-state index in [1.54, 1.807) is 6.92 Å². The molecule has 104 valence electrons. The predicted molar refractivity (Wildman–Crippen MR) is 64.7 cm³/mol. The van der Waals surface area contributed by atoms with Crippen LogP contribution in [0.1, 0.15) is 13.8 Å². The third-order valence-electron chi connectivity index (χ3n) is 2.22. The second-order valence-electron chi connectivity index (χ2n) is 3.50. The van der Waals surface area contributed by atoms with Gasteiger partial charge in [0.1, 0.15) is 29.9 Å². The average molecular weight is 270 g/mol. The summed E-state index contributed by atoms with van der Waals surface area (Å²) in [4.78, 5) is 0. The van der Waals surface area contributed by atoms with Gasteiger partial charge in [0.15, 0.2) is 0 Å². The van der Waals surface area contributed by atoms with E-state index in [1.165, 1.54) is 11.8 Å². The number of hydrogen-bond donors (Lipinski definition) is 5. The molecule has 0 aliphatic heterocycles. The molecule has 5 N–H and O–H groups in total. The lowest BCUT2D eigenvalue weighted by molar-refractivity contribution is -0.134. The monoisotopic (exact) mass is 270 g/mol. The minimum Gasteiger partial charge on any atom is -0.394 e. The van der Waals surface area contributed by atoms with Gasteiger partial charge in [-0.2, -0.15) is 0 Å². The molecule has 0 aliphatic rings. The fraction of sp³-hybridized carbons (Fsp3) is 1.00. The first-order valence-electron chi connectivity index (χ1n) is 5.55. The molecule has 0 aromatic heterocycles. The molecule has 0 rings (SSSR count). The highest BCUT2D eigenvalue weighted by Crippen LogP contribution is 2.20. The van der Waals surface area contributed by atoms with Crippen LogP contribution in [-0.2, 0) is 4.74 Å². The molecular weight excluding hydrogens is 248 g/mol. The first-order valence-corrected chi connectivity index (χ1v) is 6.60. The minimum atomic E-state index is -1.62. The van der Waals surface area contributed by atoms with E-state index in [2.05, 4.69) is 0 Å². The van der Waals surface area contributed by atoms with E-state index >= 15 is 0 Å². The van der Waals surface area contributed by atoms with E-state index in [-0.39, 0.29) is 0 Å². The molecular formula is C10H22O6S. The largest absolute Gasteiger partial charge is 0.394 e. The fourth-order valence-electron chi connectivity index (χ4n) is 1.27. The number of ether oxygens (including phenoxy) is 1. The van der Waals surface area contributed by atoms with E-state index < -0.39 is 36.5 Å². The molecule has 0 amide bonds. The highest BCUT2D eigenvalue weighted by Gasteiger charge is 2.35. The van der Waals surface area contributed by atoms with Crippen molar-refractivity contribution in [3.8, 4) is 0 Å². The Hall–Kier alpha value is 0.110. The maximum absolute atomic E-state index is 9.81. The van der Waals surface area contributed by atoms with E-state index in [0.717, 1.165) is 0 Å². The quantitative estimate of drug-likeness (QED) is 0.326. The summed E-state index contributed by atoms with van der Waals surface area (Å²) >= 11 is 1.29. The topological polar surface area (TPSA) is 110 Å². The first-order chi connectivity index (χ1) is 7.99. The molecule has 0 aromatic rings. The summed E-state index contributed by atoms with van der Waals surface area (Å²) in [5.41, 5.74) is -0.680.